The highest BCUT2D eigenvalue weighted by Gasteiger charge is 2.20. The number of nitrogens with zero attached hydrogens (tertiary/aromatic N) is 1. The second-order valence-electron chi connectivity index (χ2n) is 5.25. The first kappa shape index (κ1) is 12.6. The number of rotatable bonds is 5. The molecule has 0 aliphatic carbocycles. The van der Waals surface area contributed by atoms with Gasteiger partial charge in [-0.15, -0.1) is 0 Å². The third-order valence-corrected chi connectivity index (χ3v) is 3.87. The number of nitrogens with one attached hydrogen (secondary N) is 1. The molecule has 2 nitrogen and oxygen atoms in total. The lowest BCUT2D eigenvalue weighted by atomic mass is 10.0. The Kier molecular flexibility index (Phi) is 4.57. The van der Waals surface area contributed by atoms with Crippen molar-refractivity contribution < 1.29 is 0 Å². The van der Waals surface area contributed by atoms with Crippen molar-refractivity contribution in [2.45, 2.75) is 31.7 Å². The summed E-state index contributed by atoms with van der Waals surface area (Å²) in [6.45, 7) is 5.77. The number of hydrogen-bond acceptors (Lipinski definition) is 2. The predicted molar refractivity (Wildman–Crippen MR) is 73.4 cm³/mol. The molecule has 0 radical (unpaired) electrons. The molecule has 0 spiro atoms. The lowest BCUT2D eigenvalue weighted by Crippen LogP contribution is -2.36. The largest absolute Gasteiger partial charge is 0.315 e. The zero-order chi connectivity index (χ0) is 12.1. The fourth-order valence-electron chi connectivity index (χ4n) is 2.60. The Balaban J connectivity index is 1.71. The molecular formula is C15H24N2. The minimum Gasteiger partial charge on any atom is -0.315 e. The van der Waals surface area contributed by atoms with E-state index in [0.29, 0.717) is 5.92 Å². The van der Waals surface area contributed by atoms with Crippen molar-refractivity contribution >= 4 is 0 Å². The van der Waals surface area contributed by atoms with Crippen molar-refractivity contribution in [3.8, 4) is 0 Å². The van der Waals surface area contributed by atoms with E-state index in [0.717, 1.165) is 19.1 Å². The third-order valence-electron chi connectivity index (χ3n) is 3.87. The Bertz CT molecular complexity index is 323. The molecule has 0 saturated carbocycles. The number of hydrogen-bond donors (Lipinski definition) is 1. The maximum absolute atomic E-state index is 3.61. The standard InChI is InChI=1S/C15H24N2/c1-13(14-7-4-3-5-8-14)11-16-12-15-9-6-10-17(15)2/h3-5,7-8,13,15-16H,6,9-12H2,1-2H3. The van der Waals surface area contributed by atoms with Crippen LogP contribution < -0.4 is 5.32 Å². The van der Waals surface area contributed by atoms with Gasteiger partial charge in [0, 0.05) is 19.1 Å². The predicted octanol–water partition coefficient (Wildman–Crippen LogP) is 2.47. The number of likely N-dealkylation sites (N-methyl/N-ethyl adjacent to an activating group) is 1. The van der Waals surface area contributed by atoms with Gasteiger partial charge in [0.05, 0.1) is 0 Å². The highest BCUT2D eigenvalue weighted by atomic mass is 15.2. The van der Waals surface area contributed by atoms with Crippen molar-refractivity contribution in [2.75, 3.05) is 26.7 Å². The molecule has 1 fully saturated rings. The molecule has 1 aromatic carbocycles. The molecule has 94 valence electrons. The van der Waals surface area contributed by atoms with E-state index in [4.69, 9.17) is 0 Å². The second-order valence-corrected chi connectivity index (χ2v) is 5.25. The van der Waals surface area contributed by atoms with Gasteiger partial charge in [-0.2, -0.15) is 0 Å². The van der Waals surface area contributed by atoms with Crippen LogP contribution in [0.3, 0.4) is 0 Å². The second kappa shape index (κ2) is 6.18. The van der Waals surface area contributed by atoms with Crippen LogP contribution in [0, 0.1) is 0 Å². The molecule has 0 aromatic heterocycles. The van der Waals surface area contributed by atoms with Crippen molar-refractivity contribution in [3.63, 3.8) is 0 Å². The summed E-state index contributed by atoms with van der Waals surface area (Å²) in [5, 5.41) is 3.61. The molecule has 0 bridgehead atoms. The summed E-state index contributed by atoms with van der Waals surface area (Å²) in [7, 11) is 2.24. The van der Waals surface area contributed by atoms with Gasteiger partial charge in [0.2, 0.25) is 0 Å². The van der Waals surface area contributed by atoms with Gasteiger partial charge < -0.3 is 10.2 Å². The van der Waals surface area contributed by atoms with Gasteiger partial charge >= 0.3 is 0 Å². The summed E-state index contributed by atoms with van der Waals surface area (Å²) >= 11 is 0. The van der Waals surface area contributed by atoms with Gasteiger partial charge in [-0.3, -0.25) is 0 Å². The third kappa shape index (κ3) is 3.55. The van der Waals surface area contributed by atoms with E-state index in [1.165, 1.54) is 24.9 Å². The Morgan fingerprint density at radius 1 is 1.35 bits per heavy atom. The van der Waals surface area contributed by atoms with Crippen LogP contribution in [0.4, 0.5) is 0 Å². The molecule has 1 N–H and O–H groups in total. The molecule has 2 heteroatoms. The zero-order valence-electron chi connectivity index (χ0n) is 11.0. The molecule has 2 atom stereocenters. The van der Waals surface area contributed by atoms with Crippen LogP contribution in [0.25, 0.3) is 0 Å². The first-order valence-electron chi connectivity index (χ1n) is 6.73. The monoisotopic (exact) mass is 232 g/mol. The lowest BCUT2D eigenvalue weighted by Gasteiger charge is -2.21. The smallest absolute Gasteiger partial charge is 0.0218 e. The molecule has 1 aliphatic heterocycles. The highest BCUT2D eigenvalue weighted by Crippen LogP contribution is 2.15. The van der Waals surface area contributed by atoms with E-state index in [9.17, 15) is 0 Å². The number of benzene rings is 1. The molecule has 2 rings (SSSR count). The summed E-state index contributed by atoms with van der Waals surface area (Å²) in [5.41, 5.74) is 1.43. The van der Waals surface area contributed by atoms with Crippen LogP contribution in [-0.2, 0) is 0 Å². The summed E-state index contributed by atoms with van der Waals surface area (Å²) in [6.07, 6.45) is 2.71. The first-order chi connectivity index (χ1) is 8.27. The van der Waals surface area contributed by atoms with Crippen LogP contribution in [0.15, 0.2) is 30.3 Å². The first-order valence-corrected chi connectivity index (χ1v) is 6.73. The van der Waals surface area contributed by atoms with Crippen LogP contribution >= 0.6 is 0 Å². The quantitative estimate of drug-likeness (QED) is 0.839. The normalized spacial score (nSPS) is 22.8. The molecule has 0 amide bonds. The van der Waals surface area contributed by atoms with Gasteiger partial charge in [0.1, 0.15) is 0 Å². The summed E-state index contributed by atoms with van der Waals surface area (Å²) in [6, 6.07) is 11.5. The average molecular weight is 232 g/mol. The Labute approximate surface area is 105 Å². The van der Waals surface area contributed by atoms with E-state index in [1.807, 2.05) is 0 Å². The van der Waals surface area contributed by atoms with Crippen LogP contribution in [-0.4, -0.2) is 37.6 Å². The van der Waals surface area contributed by atoms with Gasteiger partial charge in [0.25, 0.3) is 0 Å². The lowest BCUT2D eigenvalue weighted by molar-refractivity contribution is 0.299. The minimum atomic E-state index is 0.600. The summed E-state index contributed by atoms with van der Waals surface area (Å²) in [5.74, 6) is 0.600. The number of likely N-dealkylation sites (tertiary alicyclic amines) is 1. The van der Waals surface area contributed by atoms with E-state index in [2.05, 4.69) is 54.5 Å². The fraction of sp³-hybridized carbons (Fsp3) is 0.600. The van der Waals surface area contributed by atoms with Crippen molar-refractivity contribution in [2.24, 2.45) is 0 Å². The molecule has 1 aromatic rings. The fourth-order valence-corrected chi connectivity index (χ4v) is 2.60. The van der Waals surface area contributed by atoms with Crippen molar-refractivity contribution in [3.05, 3.63) is 35.9 Å². The maximum Gasteiger partial charge on any atom is 0.0218 e. The summed E-state index contributed by atoms with van der Waals surface area (Å²) in [4.78, 5) is 2.47. The molecule has 17 heavy (non-hydrogen) atoms. The topological polar surface area (TPSA) is 15.3 Å². The highest BCUT2D eigenvalue weighted by molar-refractivity contribution is 5.18. The van der Waals surface area contributed by atoms with Crippen molar-refractivity contribution in [1.82, 2.24) is 10.2 Å². The van der Waals surface area contributed by atoms with E-state index in [1.54, 1.807) is 0 Å². The minimum absolute atomic E-state index is 0.600. The van der Waals surface area contributed by atoms with Gasteiger partial charge in [-0.1, -0.05) is 37.3 Å². The summed E-state index contributed by atoms with van der Waals surface area (Å²) < 4.78 is 0. The Morgan fingerprint density at radius 2 is 2.12 bits per heavy atom. The SMILES string of the molecule is CC(CNCC1CCCN1C)c1ccccc1. The van der Waals surface area contributed by atoms with Crippen LogP contribution in [0.2, 0.25) is 0 Å². The van der Waals surface area contributed by atoms with Crippen LogP contribution in [0.5, 0.6) is 0 Å². The molecule has 1 heterocycles. The molecule has 1 aliphatic rings. The average Bonchev–Trinajstić information content (AvgIpc) is 2.76. The van der Waals surface area contributed by atoms with Crippen LogP contribution in [0.1, 0.15) is 31.2 Å². The van der Waals surface area contributed by atoms with E-state index >= 15 is 0 Å². The Hall–Kier alpha value is -0.860. The van der Waals surface area contributed by atoms with Gasteiger partial charge in [-0.25, -0.2) is 0 Å². The van der Waals surface area contributed by atoms with Crippen molar-refractivity contribution in [1.29, 1.82) is 0 Å². The molecule has 1 saturated heterocycles. The van der Waals surface area contributed by atoms with Gasteiger partial charge in [0.15, 0.2) is 0 Å². The zero-order valence-corrected chi connectivity index (χ0v) is 11.0. The Morgan fingerprint density at radius 3 is 2.76 bits per heavy atom. The van der Waals surface area contributed by atoms with Gasteiger partial charge in [-0.05, 0) is 37.9 Å². The van der Waals surface area contributed by atoms with E-state index < -0.39 is 0 Å². The molecular weight excluding hydrogens is 208 g/mol. The molecule has 2 unspecified atom stereocenters. The maximum atomic E-state index is 3.61. The van der Waals surface area contributed by atoms with E-state index in [-0.39, 0.29) is 0 Å².